The minimum atomic E-state index is -0.737. The van der Waals surface area contributed by atoms with Crippen molar-refractivity contribution in [2.75, 3.05) is 0 Å². The van der Waals surface area contributed by atoms with Gasteiger partial charge in [-0.15, -0.1) is 0 Å². The summed E-state index contributed by atoms with van der Waals surface area (Å²) in [6, 6.07) is 11.4. The molecule has 2 N–H and O–H groups in total. The van der Waals surface area contributed by atoms with Gasteiger partial charge >= 0.3 is 0 Å². The van der Waals surface area contributed by atoms with Crippen LogP contribution in [0.5, 0.6) is 0 Å². The third-order valence-corrected chi connectivity index (χ3v) is 3.95. The summed E-state index contributed by atoms with van der Waals surface area (Å²) < 4.78 is 12.9. The second-order valence-electron chi connectivity index (χ2n) is 6.45. The lowest BCUT2D eigenvalue weighted by atomic mass is 10.0. The van der Waals surface area contributed by atoms with Crippen molar-refractivity contribution in [3.8, 4) is 0 Å². The molecule has 2 rings (SSSR count). The van der Waals surface area contributed by atoms with Crippen LogP contribution in [0.15, 0.2) is 53.6 Å². The number of carbonyl (C=O) groups excluding carboxylic acids is 2. The van der Waals surface area contributed by atoms with E-state index in [0.29, 0.717) is 22.6 Å². The number of amides is 2. The van der Waals surface area contributed by atoms with Crippen molar-refractivity contribution >= 4 is 29.6 Å². The number of hydrogen-bond acceptors (Lipinski definition) is 3. The van der Waals surface area contributed by atoms with Gasteiger partial charge in [-0.1, -0.05) is 37.6 Å². The summed E-state index contributed by atoms with van der Waals surface area (Å²) in [5.41, 5.74) is 3.47. The minimum Gasteiger partial charge on any atom is -0.340 e. The summed E-state index contributed by atoms with van der Waals surface area (Å²) in [4.78, 5) is 24.8. The Morgan fingerprint density at radius 1 is 1.11 bits per heavy atom. The first-order valence-corrected chi connectivity index (χ1v) is 8.88. The lowest BCUT2D eigenvalue weighted by Gasteiger charge is -2.19. The second kappa shape index (κ2) is 9.83. The molecule has 0 saturated heterocycles. The van der Waals surface area contributed by atoms with E-state index in [-0.39, 0.29) is 17.6 Å². The van der Waals surface area contributed by atoms with Gasteiger partial charge in [0.25, 0.3) is 11.8 Å². The zero-order valence-electron chi connectivity index (χ0n) is 15.1. The molecular formula is C20H21ClFN3O2. The molecule has 2 amide bonds. The predicted molar refractivity (Wildman–Crippen MR) is 104 cm³/mol. The molecule has 142 valence electrons. The van der Waals surface area contributed by atoms with Gasteiger partial charge in [0, 0.05) is 10.6 Å². The average Bonchev–Trinajstić information content (AvgIpc) is 2.63. The van der Waals surface area contributed by atoms with Crippen molar-refractivity contribution in [3.05, 3.63) is 70.5 Å². The van der Waals surface area contributed by atoms with Crippen molar-refractivity contribution in [3.63, 3.8) is 0 Å². The van der Waals surface area contributed by atoms with Gasteiger partial charge in [0.1, 0.15) is 11.9 Å². The maximum Gasteiger partial charge on any atom is 0.262 e. The van der Waals surface area contributed by atoms with Crippen molar-refractivity contribution < 1.29 is 14.0 Å². The van der Waals surface area contributed by atoms with E-state index in [1.165, 1.54) is 18.3 Å². The molecule has 0 heterocycles. The van der Waals surface area contributed by atoms with E-state index >= 15 is 0 Å². The number of carbonyl (C=O) groups is 2. The summed E-state index contributed by atoms with van der Waals surface area (Å²) in [5.74, 6) is -0.954. The minimum absolute atomic E-state index is 0.187. The van der Waals surface area contributed by atoms with Crippen LogP contribution in [-0.4, -0.2) is 24.1 Å². The molecule has 0 radical (unpaired) electrons. The maximum absolute atomic E-state index is 12.9. The lowest BCUT2D eigenvalue weighted by molar-refractivity contribution is -0.123. The molecule has 0 aliphatic rings. The Hall–Kier alpha value is -2.73. The van der Waals surface area contributed by atoms with Gasteiger partial charge in [0.2, 0.25) is 0 Å². The van der Waals surface area contributed by atoms with Crippen LogP contribution >= 0.6 is 11.6 Å². The van der Waals surface area contributed by atoms with Crippen LogP contribution in [0.4, 0.5) is 4.39 Å². The van der Waals surface area contributed by atoms with Gasteiger partial charge < -0.3 is 5.32 Å². The zero-order chi connectivity index (χ0) is 19.8. The summed E-state index contributed by atoms with van der Waals surface area (Å²) in [5, 5.41) is 7.12. The first-order chi connectivity index (χ1) is 12.8. The first-order valence-electron chi connectivity index (χ1n) is 8.50. The van der Waals surface area contributed by atoms with Crippen molar-refractivity contribution in [1.29, 1.82) is 0 Å². The number of rotatable bonds is 7. The summed E-state index contributed by atoms with van der Waals surface area (Å²) >= 11 is 5.83. The Morgan fingerprint density at radius 3 is 2.33 bits per heavy atom. The molecular weight excluding hydrogens is 369 g/mol. The van der Waals surface area contributed by atoms with E-state index in [4.69, 9.17) is 11.6 Å². The summed E-state index contributed by atoms with van der Waals surface area (Å²) in [6.45, 7) is 3.91. The van der Waals surface area contributed by atoms with Gasteiger partial charge in [-0.3, -0.25) is 9.59 Å². The fraction of sp³-hybridized carbons (Fsp3) is 0.250. The number of hydrazone groups is 1. The molecule has 7 heteroatoms. The van der Waals surface area contributed by atoms with Gasteiger partial charge in [-0.05, 0) is 54.3 Å². The number of hydrogen-bond donors (Lipinski definition) is 2. The Morgan fingerprint density at radius 2 is 1.74 bits per heavy atom. The molecule has 0 bridgehead atoms. The van der Waals surface area contributed by atoms with E-state index in [0.717, 1.165) is 0 Å². The Bertz CT molecular complexity index is 805. The molecule has 27 heavy (non-hydrogen) atoms. The van der Waals surface area contributed by atoms with Gasteiger partial charge in [-0.2, -0.15) is 5.10 Å². The van der Waals surface area contributed by atoms with E-state index in [9.17, 15) is 14.0 Å². The second-order valence-corrected chi connectivity index (χ2v) is 6.88. The van der Waals surface area contributed by atoms with Gasteiger partial charge in [0.05, 0.1) is 6.21 Å². The SMILES string of the molecule is CC(C)CC(NC(=O)c1ccc(Cl)cc1)C(=O)NN=Cc1ccc(F)cc1. The smallest absolute Gasteiger partial charge is 0.262 e. The predicted octanol–water partition coefficient (Wildman–Crippen LogP) is 3.77. The molecule has 2 aromatic carbocycles. The highest BCUT2D eigenvalue weighted by Crippen LogP contribution is 2.11. The van der Waals surface area contributed by atoms with Gasteiger partial charge in [-0.25, -0.2) is 9.82 Å². The normalized spacial score (nSPS) is 12.2. The quantitative estimate of drug-likeness (QED) is 0.559. The van der Waals surface area contributed by atoms with Crippen molar-refractivity contribution in [2.24, 2.45) is 11.0 Å². The molecule has 0 aliphatic carbocycles. The fourth-order valence-electron chi connectivity index (χ4n) is 2.34. The maximum atomic E-state index is 12.9. The molecule has 1 unspecified atom stereocenters. The van der Waals surface area contributed by atoms with Crippen LogP contribution in [0.25, 0.3) is 0 Å². The lowest BCUT2D eigenvalue weighted by Crippen LogP contribution is -2.46. The van der Waals surface area contributed by atoms with Crippen LogP contribution < -0.4 is 10.7 Å². The van der Waals surface area contributed by atoms with Crippen LogP contribution in [-0.2, 0) is 4.79 Å². The van der Waals surface area contributed by atoms with E-state index in [1.54, 1.807) is 36.4 Å². The van der Waals surface area contributed by atoms with Crippen LogP contribution in [0.1, 0.15) is 36.2 Å². The molecule has 5 nitrogen and oxygen atoms in total. The molecule has 2 aromatic rings. The van der Waals surface area contributed by atoms with Gasteiger partial charge in [0.15, 0.2) is 0 Å². The largest absolute Gasteiger partial charge is 0.340 e. The Balaban J connectivity index is 2.01. The van der Waals surface area contributed by atoms with Crippen LogP contribution in [0.3, 0.4) is 0 Å². The monoisotopic (exact) mass is 389 g/mol. The summed E-state index contributed by atoms with van der Waals surface area (Å²) in [6.07, 6.45) is 1.86. The Kier molecular flexibility index (Phi) is 7.49. The molecule has 0 aliphatic heterocycles. The first kappa shape index (κ1) is 20.6. The Labute approximate surface area is 162 Å². The van der Waals surface area contributed by atoms with Crippen molar-refractivity contribution in [1.82, 2.24) is 10.7 Å². The zero-order valence-corrected chi connectivity index (χ0v) is 15.8. The average molecular weight is 390 g/mol. The van der Waals surface area contributed by atoms with E-state index < -0.39 is 11.9 Å². The molecule has 1 atom stereocenters. The van der Waals surface area contributed by atoms with Crippen molar-refractivity contribution in [2.45, 2.75) is 26.3 Å². The number of nitrogens with zero attached hydrogens (tertiary/aromatic N) is 1. The standard InChI is InChI=1S/C20H21ClFN3O2/c1-13(2)11-18(24-19(26)15-5-7-16(21)8-6-15)20(27)25-23-12-14-3-9-17(22)10-4-14/h3-10,12-13,18H,11H2,1-2H3,(H,24,26)(H,25,27). The fourth-order valence-corrected chi connectivity index (χ4v) is 2.47. The topological polar surface area (TPSA) is 70.6 Å². The van der Waals surface area contributed by atoms with Crippen LogP contribution in [0, 0.1) is 11.7 Å². The number of nitrogens with one attached hydrogen (secondary N) is 2. The highest BCUT2D eigenvalue weighted by Gasteiger charge is 2.22. The summed E-state index contributed by atoms with van der Waals surface area (Å²) in [7, 11) is 0. The highest BCUT2D eigenvalue weighted by atomic mass is 35.5. The molecule has 0 saturated carbocycles. The highest BCUT2D eigenvalue weighted by molar-refractivity contribution is 6.30. The molecule has 0 fully saturated rings. The third kappa shape index (κ3) is 6.83. The molecule has 0 spiro atoms. The number of halogens is 2. The third-order valence-electron chi connectivity index (χ3n) is 3.69. The van der Waals surface area contributed by atoms with Crippen LogP contribution in [0.2, 0.25) is 5.02 Å². The van der Waals surface area contributed by atoms with E-state index in [1.807, 2.05) is 13.8 Å². The van der Waals surface area contributed by atoms with E-state index in [2.05, 4.69) is 15.8 Å². The number of benzene rings is 2. The molecule has 0 aromatic heterocycles.